The molecule has 124 valence electrons. The van der Waals surface area contributed by atoms with Crippen molar-refractivity contribution in [3.8, 4) is 11.5 Å². The lowest BCUT2D eigenvalue weighted by Crippen LogP contribution is -2.39. The van der Waals surface area contributed by atoms with Crippen molar-refractivity contribution in [1.29, 1.82) is 0 Å². The second-order valence-electron chi connectivity index (χ2n) is 5.52. The van der Waals surface area contributed by atoms with Gasteiger partial charge in [0.1, 0.15) is 5.82 Å². The Hall–Kier alpha value is -1.80. The molecule has 1 fully saturated rings. The average Bonchev–Trinajstić information content (AvgIpc) is 3.05. The molecule has 1 unspecified atom stereocenters. The molecule has 1 aromatic heterocycles. The first kappa shape index (κ1) is 16.1. The lowest BCUT2D eigenvalue weighted by Gasteiger charge is -2.29. The van der Waals surface area contributed by atoms with Gasteiger partial charge in [-0.25, -0.2) is 17.1 Å². The minimum absolute atomic E-state index is 0.0734. The Morgan fingerprint density at radius 3 is 2.87 bits per heavy atom. The Bertz CT molecular complexity index is 791. The van der Waals surface area contributed by atoms with Gasteiger partial charge in [-0.05, 0) is 31.9 Å². The van der Waals surface area contributed by atoms with Crippen LogP contribution in [0.5, 0.6) is 0 Å². The summed E-state index contributed by atoms with van der Waals surface area (Å²) in [5.41, 5.74) is 0.250. The highest BCUT2D eigenvalue weighted by Crippen LogP contribution is 2.30. The Morgan fingerprint density at radius 2 is 2.13 bits per heavy atom. The average molecular weight is 339 g/mol. The summed E-state index contributed by atoms with van der Waals surface area (Å²) < 4.78 is 44.9. The summed E-state index contributed by atoms with van der Waals surface area (Å²) in [5.74, 6) is -0.0308. The zero-order valence-corrected chi connectivity index (χ0v) is 13.6. The van der Waals surface area contributed by atoms with Gasteiger partial charge in [-0.3, -0.25) is 0 Å². The summed E-state index contributed by atoms with van der Waals surface area (Å²) in [6.07, 6.45) is 1.51. The zero-order chi connectivity index (χ0) is 16.4. The maximum Gasteiger partial charge on any atom is 0.250 e. The monoisotopic (exact) mass is 339 g/mol. The number of halogens is 1. The summed E-state index contributed by atoms with van der Waals surface area (Å²) in [4.78, 5) is 0. The topological polar surface area (TPSA) is 76.3 Å². The van der Waals surface area contributed by atoms with Crippen LogP contribution in [-0.2, 0) is 10.0 Å². The summed E-state index contributed by atoms with van der Waals surface area (Å²) in [6.45, 7) is 2.47. The molecule has 1 saturated heterocycles. The van der Waals surface area contributed by atoms with E-state index in [0.29, 0.717) is 19.0 Å². The van der Waals surface area contributed by atoms with Crippen molar-refractivity contribution in [2.24, 2.45) is 0 Å². The molecule has 0 spiro atoms. The maximum absolute atomic E-state index is 13.8. The van der Waals surface area contributed by atoms with E-state index < -0.39 is 15.8 Å². The fraction of sp³-hybridized carbons (Fsp3) is 0.467. The van der Waals surface area contributed by atoms with Gasteiger partial charge >= 0.3 is 0 Å². The summed E-state index contributed by atoms with van der Waals surface area (Å²) >= 11 is 0. The Kier molecular flexibility index (Phi) is 4.45. The van der Waals surface area contributed by atoms with E-state index >= 15 is 0 Å². The van der Waals surface area contributed by atoms with Crippen molar-refractivity contribution in [1.82, 2.24) is 14.5 Å². The van der Waals surface area contributed by atoms with Crippen LogP contribution in [0.2, 0.25) is 0 Å². The molecule has 3 rings (SSSR count). The van der Waals surface area contributed by atoms with Crippen molar-refractivity contribution < 1.29 is 17.2 Å². The summed E-state index contributed by atoms with van der Waals surface area (Å²) in [7, 11) is -3.23. The predicted molar refractivity (Wildman–Crippen MR) is 82.7 cm³/mol. The number of nitrogens with zero attached hydrogens (tertiary/aromatic N) is 3. The van der Waals surface area contributed by atoms with E-state index in [1.165, 1.54) is 10.4 Å². The van der Waals surface area contributed by atoms with Crippen molar-refractivity contribution in [2.45, 2.75) is 25.7 Å². The standard InChI is InChI=1S/C15H18FN3O3S/c1-2-23(20,21)19-9-5-6-11(10-19)14-17-18-15(22-14)12-7-3-4-8-13(12)16/h3-4,7-8,11H,2,5-6,9-10H2,1H3. The number of hydrogen-bond acceptors (Lipinski definition) is 5. The van der Waals surface area contributed by atoms with Crippen LogP contribution < -0.4 is 0 Å². The Morgan fingerprint density at radius 1 is 1.35 bits per heavy atom. The molecule has 2 heterocycles. The maximum atomic E-state index is 13.8. The molecule has 8 heteroatoms. The third-order valence-electron chi connectivity index (χ3n) is 4.04. The van der Waals surface area contributed by atoms with Crippen molar-refractivity contribution >= 4 is 10.0 Å². The van der Waals surface area contributed by atoms with Crippen molar-refractivity contribution in [2.75, 3.05) is 18.8 Å². The molecule has 1 aliphatic heterocycles. The highest BCUT2D eigenvalue weighted by Gasteiger charge is 2.31. The second-order valence-corrected chi connectivity index (χ2v) is 7.78. The van der Waals surface area contributed by atoms with Gasteiger partial charge in [-0.1, -0.05) is 12.1 Å². The van der Waals surface area contributed by atoms with Crippen LogP contribution in [0.4, 0.5) is 4.39 Å². The first-order valence-electron chi connectivity index (χ1n) is 7.57. The highest BCUT2D eigenvalue weighted by molar-refractivity contribution is 7.89. The molecule has 0 saturated carbocycles. The van der Waals surface area contributed by atoms with Gasteiger partial charge in [0, 0.05) is 13.1 Å². The Labute approximate surface area is 134 Å². The first-order valence-corrected chi connectivity index (χ1v) is 9.18. The van der Waals surface area contributed by atoms with Crippen LogP contribution in [0.25, 0.3) is 11.5 Å². The normalized spacial score (nSPS) is 19.8. The number of aromatic nitrogens is 2. The van der Waals surface area contributed by atoms with E-state index in [9.17, 15) is 12.8 Å². The van der Waals surface area contributed by atoms with E-state index in [4.69, 9.17) is 4.42 Å². The fourth-order valence-corrected chi connectivity index (χ4v) is 3.90. The predicted octanol–water partition coefficient (Wildman–Crippen LogP) is 2.40. The smallest absolute Gasteiger partial charge is 0.250 e. The van der Waals surface area contributed by atoms with E-state index in [1.54, 1.807) is 25.1 Å². The number of rotatable bonds is 4. The van der Waals surface area contributed by atoms with Crippen molar-refractivity contribution in [3.05, 3.63) is 36.0 Å². The second kappa shape index (κ2) is 6.37. The molecule has 1 atom stereocenters. The third kappa shape index (κ3) is 3.28. The molecular weight excluding hydrogens is 321 g/mol. The number of hydrogen-bond donors (Lipinski definition) is 0. The molecule has 0 bridgehead atoms. The van der Waals surface area contributed by atoms with Gasteiger partial charge in [0.15, 0.2) is 0 Å². The first-order chi connectivity index (χ1) is 11.0. The van der Waals surface area contributed by atoms with Gasteiger partial charge in [0.25, 0.3) is 5.89 Å². The van der Waals surface area contributed by atoms with Crippen LogP contribution >= 0.6 is 0 Å². The van der Waals surface area contributed by atoms with E-state index in [2.05, 4.69) is 10.2 Å². The highest BCUT2D eigenvalue weighted by atomic mass is 32.2. The van der Waals surface area contributed by atoms with Gasteiger partial charge < -0.3 is 4.42 Å². The van der Waals surface area contributed by atoms with Crippen LogP contribution in [0.1, 0.15) is 31.6 Å². The van der Waals surface area contributed by atoms with Crippen LogP contribution in [-0.4, -0.2) is 41.8 Å². The molecule has 2 aromatic rings. The quantitative estimate of drug-likeness (QED) is 0.855. The lowest BCUT2D eigenvalue weighted by molar-refractivity contribution is 0.286. The van der Waals surface area contributed by atoms with E-state index in [0.717, 1.165) is 12.8 Å². The van der Waals surface area contributed by atoms with Crippen LogP contribution in [0, 0.1) is 5.82 Å². The van der Waals surface area contributed by atoms with Gasteiger partial charge in [-0.2, -0.15) is 0 Å². The third-order valence-corrected chi connectivity index (χ3v) is 5.88. The van der Waals surface area contributed by atoms with E-state index in [1.807, 2.05) is 0 Å². The van der Waals surface area contributed by atoms with Gasteiger partial charge in [-0.15, -0.1) is 10.2 Å². The molecule has 23 heavy (non-hydrogen) atoms. The molecule has 0 aliphatic carbocycles. The van der Waals surface area contributed by atoms with Crippen LogP contribution in [0.3, 0.4) is 0 Å². The molecule has 0 amide bonds. The molecule has 0 radical (unpaired) electrons. The lowest BCUT2D eigenvalue weighted by atomic mass is 10.00. The number of sulfonamides is 1. The molecular formula is C15H18FN3O3S. The van der Waals surface area contributed by atoms with Crippen molar-refractivity contribution in [3.63, 3.8) is 0 Å². The number of piperidine rings is 1. The summed E-state index contributed by atoms with van der Waals surface area (Å²) in [6, 6.07) is 6.18. The van der Waals surface area contributed by atoms with Gasteiger partial charge in [0.2, 0.25) is 15.9 Å². The van der Waals surface area contributed by atoms with E-state index in [-0.39, 0.29) is 23.1 Å². The zero-order valence-electron chi connectivity index (χ0n) is 12.8. The molecule has 1 aromatic carbocycles. The molecule has 0 N–H and O–H groups in total. The largest absolute Gasteiger partial charge is 0.420 e. The molecule has 1 aliphatic rings. The minimum Gasteiger partial charge on any atom is -0.420 e. The number of benzene rings is 1. The SMILES string of the molecule is CCS(=O)(=O)N1CCCC(c2nnc(-c3ccccc3F)o2)C1. The Balaban J connectivity index is 1.82. The summed E-state index contributed by atoms with van der Waals surface area (Å²) in [5, 5.41) is 7.90. The minimum atomic E-state index is -3.23. The molecule has 6 nitrogen and oxygen atoms in total. The van der Waals surface area contributed by atoms with Gasteiger partial charge in [0.05, 0.1) is 17.2 Å². The fourth-order valence-electron chi connectivity index (χ4n) is 2.72. The van der Waals surface area contributed by atoms with Crippen LogP contribution in [0.15, 0.2) is 28.7 Å².